The highest BCUT2D eigenvalue weighted by atomic mass is 16.5. The lowest BCUT2D eigenvalue weighted by Crippen LogP contribution is -2.52. The Morgan fingerprint density at radius 2 is 2.16 bits per heavy atom. The number of aromatic nitrogens is 2. The smallest absolute Gasteiger partial charge is 0.320 e. The molecule has 1 fully saturated rings. The molecule has 2 aromatic rings. The molecular formula is C18H24N4O3. The van der Waals surface area contributed by atoms with Crippen molar-refractivity contribution in [3.63, 3.8) is 0 Å². The predicted molar refractivity (Wildman–Crippen MR) is 93.7 cm³/mol. The van der Waals surface area contributed by atoms with Crippen molar-refractivity contribution in [1.29, 1.82) is 0 Å². The lowest BCUT2D eigenvalue weighted by molar-refractivity contribution is 0.171. The monoisotopic (exact) mass is 344 g/mol. The number of hydrogen-bond acceptors (Lipinski definition) is 5. The highest BCUT2D eigenvalue weighted by Gasteiger charge is 2.44. The SMILES string of the molecule is CCCOc1ccc(NC(=O)NC2(c3noc(C)n3)CCC2)c(C)c1. The van der Waals surface area contributed by atoms with Crippen LogP contribution in [0.4, 0.5) is 10.5 Å². The summed E-state index contributed by atoms with van der Waals surface area (Å²) < 4.78 is 10.7. The number of amides is 2. The van der Waals surface area contributed by atoms with E-state index in [0.717, 1.165) is 42.7 Å². The highest BCUT2D eigenvalue weighted by molar-refractivity contribution is 5.90. The molecule has 3 rings (SSSR count). The van der Waals surface area contributed by atoms with E-state index in [1.165, 1.54) is 0 Å². The Morgan fingerprint density at radius 1 is 1.36 bits per heavy atom. The zero-order chi connectivity index (χ0) is 17.9. The van der Waals surface area contributed by atoms with Gasteiger partial charge in [-0.2, -0.15) is 4.98 Å². The van der Waals surface area contributed by atoms with Crippen LogP contribution in [0.15, 0.2) is 22.7 Å². The van der Waals surface area contributed by atoms with Gasteiger partial charge in [-0.15, -0.1) is 0 Å². The van der Waals surface area contributed by atoms with Crippen LogP contribution in [0.1, 0.15) is 49.9 Å². The van der Waals surface area contributed by atoms with Crippen LogP contribution in [-0.4, -0.2) is 22.8 Å². The molecule has 2 N–H and O–H groups in total. The largest absolute Gasteiger partial charge is 0.494 e. The first-order chi connectivity index (χ1) is 12.0. The Labute approximate surface area is 147 Å². The van der Waals surface area contributed by atoms with Crippen LogP contribution in [0.5, 0.6) is 5.75 Å². The van der Waals surface area contributed by atoms with Crippen molar-refractivity contribution < 1.29 is 14.1 Å². The van der Waals surface area contributed by atoms with Crippen LogP contribution in [0, 0.1) is 13.8 Å². The molecule has 2 amide bonds. The Hall–Kier alpha value is -2.57. The van der Waals surface area contributed by atoms with Gasteiger partial charge in [-0.25, -0.2) is 4.79 Å². The van der Waals surface area contributed by atoms with Crippen molar-refractivity contribution in [3.8, 4) is 5.75 Å². The van der Waals surface area contributed by atoms with E-state index in [1.807, 2.05) is 25.1 Å². The van der Waals surface area contributed by atoms with Gasteiger partial charge in [0.15, 0.2) is 5.82 Å². The van der Waals surface area contributed by atoms with E-state index >= 15 is 0 Å². The molecule has 1 aromatic heterocycles. The standard InChI is InChI=1S/C18H24N4O3/c1-4-10-24-14-6-7-15(12(2)11-14)20-17(23)21-18(8-5-9-18)16-19-13(3)25-22-16/h6-7,11H,4-5,8-10H2,1-3H3,(H2,20,21,23). The molecule has 0 spiro atoms. The zero-order valence-corrected chi connectivity index (χ0v) is 14.9. The first-order valence-electron chi connectivity index (χ1n) is 8.66. The number of carbonyl (C=O) groups excluding carboxylic acids is 1. The number of rotatable bonds is 6. The molecule has 0 unspecified atom stereocenters. The maximum atomic E-state index is 12.5. The van der Waals surface area contributed by atoms with Gasteiger partial charge in [0.25, 0.3) is 0 Å². The molecule has 1 aliphatic carbocycles. The van der Waals surface area contributed by atoms with Crippen LogP contribution in [0.25, 0.3) is 0 Å². The van der Waals surface area contributed by atoms with E-state index in [0.29, 0.717) is 18.3 Å². The summed E-state index contributed by atoms with van der Waals surface area (Å²) in [5.74, 6) is 1.86. The number of carbonyl (C=O) groups is 1. The summed E-state index contributed by atoms with van der Waals surface area (Å²) in [6.45, 7) is 6.43. The molecule has 0 saturated heterocycles. The van der Waals surface area contributed by atoms with Crippen LogP contribution in [-0.2, 0) is 5.54 Å². The highest BCUT2D eigenvalue weighted by Crippen LogP contribution is 2.39. The molecule has 0 aliphatic heterocycles. The molecule has 7 nitrogen and oxygen atoms in total. The summed E-state index contributed by atoms with van der Waals surface area (Å²) in [4.78, 5) is 16.8. The number of urea groups is 1. The van der Waals surface area contributed by atoms with E-state index in [1.54, 1.807) is 6.92 Å². The summed E-state index contributed by atoms with van der Waals surface area (Å²) in [6.07, 6.45) is 3.60. The van der Waals surface area contributed by atoms with E-state index in [9.17, 15) is 4.79 Å². The van der Waals surface area contributed by atoms with Gasteiger partial charge in [-0.3, -0.25) is 0 Å². The Balaban J connectivity index is 1.66. The normalized spacial score (nSPS) is 15.3. The van der Waals surface area contributed by atoms with Gasteiger partial charge in [0.1, 0.15) is 11.3 Å². The Kier molecular flexibility index (Phi) is 4.92. The molecule has 1 aliphatic rings. The summed E-state index contributed by atoms with van der Waals surface area (Å²) in [6, 6.07) is 5.37. The van der Waals surface area contributed by atoms with Crippen molar-refractivity contribution in [1.82, 2.24) is 15.5 Å². The fourth-order valence-electron chi connectivity index (χ4n) is 2.89. The first-order valence-corrected chi connectivity index (χ1v) is 8.66. The summed E-state index contributed by atoms with van der Waals surface area (Å²) in [7, 11) is 0. The van der Waals surface area contributed by atoms with Crippen molar-refractivity contribution in [3.05, 3.63) is 35.5 Å². The van der Waals surface area contributed by atoms with Crippen molar-refractivity contribution in [2.45, 2.75) is 52.0 Å². The number of nitrogens with one attached hydrogen (secondary N) is 2. The Morgan fingerprint density at radius 3 is 2.72 bits per heavy atom. The lowest BCUT2D eigenvalue weighted by Gasteiger charge is -2.39. The van der Waals surface area contributed by atoms with Gasteiger partial charge in [0.05, 0.1) is 6.61 Å². The molecule has 7 heteroatoms. The molecule has 1 aromatic carbocycles. The molecule has 1 heterocycles. The number of anilines is 1. The number of benzene rings is 1. The fourth-order valence-corrected chi connectivity index (χ4v) is 2.89. The molecule has 25 heavy (non-hydrogen) atoms. The average molecular weight is 344 g/mol. The van der Waals surface area contributed by atoms with E-state index < -0.39 is 5.54 Å². The van der Waals surface area contributed by atoms with Gasteiger partial charge in [0.2, 0.25) is 5.89 Å². The molecule has 1 saturated carbocycles. The van der Waals surface area contributed by atoms with Gasteiger partial charge >= 0.3 is 6.03 Å². The molecule has 0 atom stereocenters. The van der Waals surface area contributed by atoms with Gasteiger partial charge in [-0.1, -0.05) is 12.1 Å². The van der Waals surface area contributed by atoms with Crippen molar-refractivity contribution >= 4 is 11.7 Å². The van der Waals surface area contributed by atoms with Crippen LogP contribution < -0.4 is 15.4 Å². The van der Waals surface area contributed by atoms with Crippen molar-refractivity contribution in [2.75, 3.05) is 11.9 Å². The van der Waals surface area contributed by atoms with E-state index in [4.69, 9.17) is 9.26 Å². The predicted octanol–water partition coefficient (Wildman–Crippen LogP) is 3.68. The third kappa shape index (κ3) is 3.75. The van der Waals surface area contributed by atoms with E-state index in [2.05, 4.69) is 27.7 Å². The third-order valence-corrected chi connectivity index (χ3v) is 4.43. The Bertz CT molecular complexity index is 753. The van der Waals surface area contributed by atoms with Crippen LogP contribution in [0.3, 0.4) is 0 Å². The lowest BCUT2D eigenvalue weighted by atomic mass is 9.76. The number of ether oxygens (including phenoxy) is 1. The van der Waals surface area contributed by atoms with Crippen LogP contribution in [0.2, 0.25) is 0 Å². The molecule has 0 bridgehead atoms. The minimum absolute atomic E-state index is 0.271. The third-order valence-electron chi connectivity index (χ3n) is 4.43. The summed E-state index contributed by atoms with van der Waals surface area (Å²) >= 11 is 0. The van der Waals surface area contributed by atoms with Gasteiger partial charge in [0, 0.05) is 12.6 Å². The van der Waals surface area contributed by atoms with Crippen molar-refractivity contribution in [2.24, 2.45) is 0 Å². The van der Waals surface area contributed by atoms with Gasteiger partial charge < -0.3 is 19.9 Å². The number of hydrogen-bond donors (Lipinski definition) is 2. The number of nitrogens with zero attached hydrogens (tertiary/aromatic N) is 2. The molecular weight excluding hydrogens is 320 g/mol. The van der Waals surface area contributed by atoms with Crippen LogP contribution >= 0.6 is 0 Å². The maximum Gasteiger partial charge on any atom is 0.320 e. The second-order valence-corrected chi connectivity index (χ2v) is 6.48. The van der Waals surface area contributed by atoms with Gasteiger partial charge in [-0.05, 0) is 56.4 Å². The number of aryl methyl sites for hydroxylation is 2. The fraction of sp³-hybridized carbons (Fsp3) is 0.500. The quantitative estimate of drug-likeness (QED) is 0.834. The maximum absolute atomic E-state index is 12.5. The second-order valence-electron chi connectivity index (χ2n) is 6.48. The average Bonchev–Trinajstić information content (AvgIpc) is 2.98. The summed E-state index contributed by atoms with van der Waals surface area (Å²) in [5.41, 5.74) is 1.17. The first kappa shape index (κ1) is 17.3. The topological polar surface area (TPSA) is 89.3 Å². The zero-order valence-electron chi connectivity index (χ0n) is 14.9. The summed E-state index contributed by atoms with van der Waals surface area (Å²) in [5, 5.41) is 9.90. The molecule has 134 valence electrons. The minimum Gasteiger partial charge on any atom is -0.494 e. The minimum atomic E-state index is -0.528. The second kappa shape index (κ2) is 7.13. The van der Waals surface area contributed by atoms with E-state index in [-0.39, 0.29) is 6.03 Å². The molecule has 0 radical (unpaired) electrons.